The number of rotatable bonds is 4. The summed E-state index contributed by atoms with van der Waals surface area (Å²) >= 11 is 0. The fourth-order valence-electron chi connectivity index (χ4n) is 3.62. The SMILES string of the molecule is CCOC(=O)N1CCC(NC(=O)c2cc(N3CCCCCC3)ncn2)CC1. The molecule has 0 atom stereocenters. The van der Waals surface area contributed by atoms with Crippen molar-refractivity contribution in [3.63, 3.8) is 0 Å². The van der Waals surface area contributed by atoms with Crippen LogP contribution in [0.2, 0.25) is 0 Å². The first-order chi connectivity index (χ1) is 13.2. The number of hydrogen-bond donors (Lipinski definition) is 1. The van der Waals surface area contributed by atoms with E-state index in [9.17, 15) is 9.59 Å². The summed E-state index contributed by atoms with van der Waals surface area (Å²) in [6.07, 6.45) is 7.44. The Bertz CT molecular complexity index is 638. The van der Waals surface area contributed by atoms with Gasteiger partial charge in [0.15, 0.2) is 0 Å². The molecule has 3 heterocycles. The largest absolute Gasteiger partial charge is 0.450 e. The van der Waals surface area contributed by atoms with Gasteiger partial charge in [-0.05, 0) is 32.6 Å². The molecule has 148 valence electrons. The molecule has 2 aliphatic heterocycles. The Balaban J connectivity index is 1.54. The van der Waals surface area contributed by atoms with Crippen molar-refractivity contribution in [2.75, 3.05) is 37.7 Å². The molecule has 0 aliphatic carbocycles. The fraction of sp³-hybridized carbons (Fsp3) is 0.684. The van der Waals surface area contributed by atoms with Crippen molar-refractivity contribution in [1.29, 1.82) is 0 Å². The maximum atomic E-state index is 12.6. The van der Waals surface area contributed by atoms with Gasteiger partial charge in [0.1, 0.15) is 17.8 Å². The van der Waals surface area contributed by atoms with Gasteiger partial charge in [-0.1, -0.05) is 12.8 Å². The highest BCUT2D eigenvalue weighted by atomic mass is 16.6. The van der Waals surface area contributed by atoms with Crippen molar-refractivity contribution in [2.24, 2.45) is 0 Å². The van der Waals surface area contributed by atoms with E-state index in [4.69, 9.17) is 4.74 Å². The molecule has 27 heavy (non-hydrogen) atoms. The number of piperidine rings is 1. The predicted molar refractivity (Wildman–Crippen MR) is 102 cm³/mol. The van der Waals surface area contributed by atoms with E-state index in [-0.39, 0.29) is 18.0 Å². The zero-order valence-corrected chi connectivity index (χ0v) is 16.0. The number of likely N-dealkylation sites (tertiary alicyclic amines) is 1. The second kappa shape index (κ2) is 9.53. The summed E-state index contributed by atoms with van der Waals surface area (Å²) in [5.74, 6) is 0.650. The first-order valence-corrected chi connectivity index (χ1v) is 9.97. The average molecular weight is 375 g/mol. The van der Waals surface area contributed by atoms with Gasteiger partial charge in [-0.25, -0.2) is 14.8 Å². The van der Waals surface area contributed by atoms with Crippen LogP contribution in [0.1, 0.15) is 55.9 Å². The summed E-state index contributed by atoms with van der Waals surface area (Å²) in [6.45, 7) is 5.31. The third kappa shape index (κ3) is 5.30. The van der Waals surface area contributed by atoms with Crippen LogP contribution >= 0.6 is 0 Å². The second-order valence-corrected chi connectivity index (χ2v) is 7.10. The van der Waals surface area contributed by atoms with Crippen LogP contribution in [0.25, 0.3) is 0 Å². The number of carbonyl (C=O) groups is 2. The number of nitrogens with one attached hydrogen (secondary N) is 1. The van der Waals surface area contributed by atoms with Gasteiger partial charge in [-0.15, -0.1) is 0 Å². The molecular formula is C19H29N5O3. The summed E-state index contributed by atoms with van der Waals surface area (Å²) in [5, 5.41) is 3.04. The van der Waals surface area contributed by atoms with E-state index >= 15 is 0 Å². The Morgan fingerprint density at radius 2 is 1.81 bits per heavy atom. The quantitative estimate of drug-likeness (QED) is 0.868. The minimum Gasteiger partial charge on any atom is -0.450 e. The van der Waals surface area contributed by atoms with E-state index < -0.39 is 0 Å². The summed E-state index contributed by atoms with van der Waals surface area (Å²) in [7, 11) is 0. The van der Waals surface area contributed by atoms with Gasteiger partial charge in [0.2, 0.25) is 0 Å². The molecule has 0 bridgehead atoms. The average Bonchev–Trinajstić information content (AvgIpc) is 2.98. The van der Waals surface area contributed by atoms with E-state index in [0.29, 0.717) is 38.2 Å². The first kappa shape index (κ1) is 19.4. The van der Waals surface area contributed by atoms with Gasteiger partial charge in [0, 0.05) is 38.3 Å². The van der Waals surface area contributed by atoms with Gasteiger partial charge in [0.05, 0.1) is 6.61 Å². The summed E-state index contributed by atoms with van der Waals surface area (Å²) in [5.41, 5.74) is 0.400. The van der Waals surface area contributed by atoms with E-state index in [2.05, 4.69) is 20.2 Å². The molecular weight excluding hydrogens is 346 g/mol. The lowest BCUT2D eigenvalue weighted by Gasteiger charge is -2.31. The molecule has 8 heteroatoms. The Morgan fingerprint density at radius 1 is 1.11 bits per heavy atom. The lowest BCUT2D eigenvalue weighted by atomic mass is 10.1. The van der Waals surface area contributed by atoms with Crippen molar-refractivity contribution < 1.29 is 14.3 Å². The van der Waals surface area contributed by atoms with Crippen LogP contribution < -0.4 is 10.2 Å². The Labute approximate surface area is 160 Å². The highest BCUT2D eigenvalue weighted by molar-refractivity contribution is 5.93. The monoisotopic (exact) mass is 375 g/mol. The van der Waals surface area contributed by atoms with Crippen LogP contribution in [0.15, 0.2) is 12.4 Å². The number of nitrogens with zero attached hydrogens (tertiary/aromatic N) is 4. The van der Waals surface area contributed by atoms with Gasteiger partial charge in [-0.3, -0.25) is 4.79 Å². The maximum absolute atomic E-state index is 12.6. The molecule has 3 rings (SSSR count). The van der Waals surface area contributed by atoms with Crippen molar-refractivity contribution in [1.82, 2.24) is 20.2 Å². The molecule has 8 nitrogen and oxygen atoms in total. The number of ether oxygens (including phenoxy) is 1. The predicted octanol–water partition coefficient (Wildman–Crippen LogP) is 2.21. The van der Waals surface area contributed by atoms with E-state index in [1.165, 1.54) is 19.2 Å². The van der Waals surface area contributed by atoms with Crippen LogP contribution in [0.4, 0.5) is 10.6 Å². The van der Waals surface area contributed by atoms with E-state index in [1.807, 2.05) is 0 Å². The molecule has 2 fully saturated rings. The number of anilines is 1. The minimum absolute atomic E-state index is 0.0415. The molecule has 0 radical (unpaired) electrons. The molecule has 1 aromatic heterocycles. The molecule has 1 aromatic rings. The Hall–Kier alpha value is -2.38. The zero-order chi connectivity index (χ0) is 19.1. The van der Waals surface area contributed by atoms with E-state index in [1.54, 1.807) is 17.9 Å². The normalized spacial score (nSPS) is 18.7. The molecule has 2 amide bonds. The standard InChI is InChI=1S/C19H29N5O3/c1-2-27-19(26)24-11-7-15(8-12-24)22-18(25)16-13-17(21-14-20-16)23-9-5-3-4-6-10-23/h13-15H,2-12H2,1H3,(H,22,25). The minimum atomic E-state index is -0.278. The van der Waals surface area contributed by atoms with Crippen LogP contribution in [-0.2, 0) is 4.74 Å². The van der Waals surface area contributed by atoms with Crippen LogP contribution in [0.3, 0.4) is 0 Å². The summed E-state index contributed by atoms with van der Waals surface area (Å²) < 4.78 is 5.02. The van der Waals surface area contributed by atoms with Crippen LogP contribution in [0.5, 0.6) is 0 Å². The fourth-order valence-corrected chi connectivity index (χ4v) is 3.62. The van der Waals surface area contributed by atoms with E-state index in [0.717, 1.165) is 31.7 Å². The first-order valence-electron chi connectivity index (χ1n) is 9.97. The molecule has 0 unspecified atom stereocenters. The number of amides is 2. The Kier molecular flexibility index (Phi) is 6.84. The highest BCUT2D eigenvalue weighted by Gasteiger charge is 2.25. The molecule has 0 spiro atoms. The number of hydrogen-bond acceptors (Lipinski definition) is 6. The third-order valence-electron chi connectivity index (χ3n) is 5.17. The smallest absolute Gasteiger partial charge is 0.409 e. The van der Waals surface area contributed by atoms with Crippen molar-refractivity contribution in [3.05, 3.63) is 18.1 Å². The second-order valence-electron chi connectivity index (χ2n) is 7.10. The van der Waals surface area contributed by atoms with Crippen molar-refractivity contribution >= 4 is 17.8 Å². The number of carbonyl (C=O) groups excluding carboxylic acids is 2. The molecule has 2 saturated heterocycles. The van der Waals surface area contributed by atoms with Gasteiger partial charge in [-0.2, -0.15) is 0 Å². The zero-order valence-electron chi connectivity index (χ0n) is 16.0. The van der Waals surface area contributed by atoms with Crippen molar-refractivity contribution in [3.8, 4) is 0 Å². The molecule has 0 aromatic carbocycles. The molecule has 2 aliphatic rings. The Morgan fingerprint density at radius 3 is 2.48 bits per heavy atom. The molecule has 1 N–H and O–H groups in total. The van der Waals surface area contributed by atoms with Gasteiger partial charge >= 0.3 is 6.09 Å². The molecule has 0 saturated carbocycles. The highest BCUT2D eigenvalue weighted by Crippen LogP contribution is 2.18. The van der Waals surface area contributed by atoms with Gasteiger partial charge in [0.25, 0.3) is 5.91 Å². The van der Waals surface area contributed by atoms with Gasteiger partial charge < -0.3 is 19.9 Å². The summed E-state index contributed by atoms with van der Waals surface area (Å²) in [6, 6.07) is 1.83. The summed E-state index contributed by atoms with van der Waals surface area (Å²) in [4.78, 5) is 36.8. The lowest BCUT2D eigenvalue weighted by molar-refractivity contribution is 0.0856. The number of aromatic nitrogens is 2. The van der Waals surface area contributed by atoms with Crippen LogP contribution in [0, 0.1) is 0 Å². The van der Waals surface area contributed by atoms with Crippen molar-refractivity contribution in [2.45, 2.75) is 51.5 Å². The third-order valence-corrected chi connectivity index (χ3v) is 5.17. The maximum Gasteiger partial charge on any atom is 0.409 e. The topological polar surface area (TPSA) is 87.7 Å². The van der Waals surface area contributed by atoms with Crippen LogP contribution in [-0.4, -0.2) is 65.7 Å². The lowest BCUT2D eigenvalue weighted by Crippen LogP contribution is -2.46.